The molecule has 2 aromatic rings. The largest absolute Gasteiger partial charge is 0.445 e. The lowest BCUT2D eigenvalue weighted by molar-refractivity contribution is -0.131. The van der Waals surface area contributed by atoms with Crippen LogP contribution in [0.3, 0.4) is 0 Å². The number of aryl methyl sites for hydroxylation is 2. The third-order valence-electron chi connectivity index (χ3n) is 6.57. The highest BCUT2D eigenvalue weighted by molar-refractivity contribution is 5.99. The van der Waals surface area contributed by atoms with E-state index >= 15 is 0 Å². The Bertz CT molecular complexity index is 897. The summed E-state index contributed by atoms with van der Waals surface area (Å²) in [6.07, 6.45) is 0.828. The van der Waals surface area contributed by atoms with Crippen LogP contribution in [-0.2, 0) is 16.1 Å². The number of anilines is 1. The standard InChI is InChI=1S/C26H35N3O3/c1-5-29(6-2)26(24(30)27-23-20(3)11-10-12-21(23)4)15-17-28(18-16-26)25(31)32-19-22-13-8-7-9-14-22/h7-14H,5-6,15-19H2,1-4H3,(H,27,30). The van der Waals surface area contributed by atoms with Crippen molar-refractivity contribution in [1.82, 2.24) is 9.80 Å². The number of carbonyl (C=O) groups is 2. The van der Waals surface area contributed by atoms with Gasteiger partial charge in [-0.1, -0.05) is 62.4 Å². The van der Waals surface area contributed by atoms with Crippen LogP contribution in [0, 0.1) is 13.8 Å². The number of hydrogen-bond donors (Lipinski definition) is 1. The number of hydrogen-bond acceptors (Lipinski definition) is 4. The fourth-order valence-electron chi connectivity index (χ4n) is 4.63. The molecule has 0 unspecified atom stereocenters. The van der Waals surface area contributed by atoms with Gasteiger partial charge in [0.05, 0.1) is 0 Å². The van der Waals surface area contributed by atoms with Crippen molar-refractivity contribution in [2.45, 2.75) is 52.7 Å². The summed E-state index contributed by atoms with van der Waals surface area (Å²) in [4.78, 5) is 30.2. The molecule has 0 spiro atoms. The highest BCUT2D eigenvalue weighted by Crippen LogP contribution is 2.32. The average molecular weight is 438 g/mol. The molecule has 0 saturated carbocycles. The number of ether oxygens (including phenoxy) is 1. The van der Waals surface area contributed by atoms with Gasteiger partial charge in [0, 0.05) is 18.8 Å². The summed E-state index contributed by atoms with van der Waals surface area (Å²) in [6, 6.07) is 15.7. The molecular formula is C26H35N3O3. The minimum Gasteiger partial charge on any atom is -0.445 e. The number of rotatable bonds is 7. The van der Waals surface area contributed by atoms with Crippen LogP contribution in [0.5, 0.6) is 0 Å². The van der Waals surface area contributed by atoms with E-state index in [1.54, 1.807) is 4.90 Å². The number of nitrogens with zero attached hydrogens (tertiary/aromatic N) is 2. The Hall–Kier alpha value is -2.86. The van der Waals surface area contributed by atoms with Crippen molar-refractivity contribution < 1.29 is 14.3 Å². The smallest absolute Gasteiger partial charge is 0.410 e. The summed E-state index contributed by atoms with van der Waals surface area (Å²) in [5.41, 5.74) is 3.30. The van der Waals surface area contributed by atoms with E-state index in [2.05, 4.69) is 24.1 Å². The third-order valence-corrected chi connectivity index (χ3v) is 6.57. The van der Waals surface area contributed by atoms with E-state index in [9.17, 15) is 9.59 Å². The van der Waals surface area contributed by atoms with E-state index in [4.69, 9.17) is 4.74 Å². The molecule has 1 saturated heterocycles. The number of carbonyl (C=O) groups excluding carboxylic acids is 2. The molecule has 1 fully saturated rings. The first-order chi connectivity index (χ1) is 15.4. The zero-order valence-electron chi connectivity index (χ0n) is 19.7. The number of likely N-dealkylation sites (tertiary alicyclic amines) is 1. The Morgan fingerprint density at radius 1 is 0.969 bits per heavy atom. The van der Waals surface area contributed by atoms with Crippen molar-refractivity contribution in [3.8, 4) is 0 Å². The van der Waals surface area contributed by atoms with Crippen LogP contribution in [0.1, 0.15) is 43.4 Å². The predicted octanol–water partition coefficient (Wildman–Crippen LogP) is 4.76. The van der Waals surface area contributed by atoms with Crippen molar-refractivity contribution in [2.75, 3.05) is 31.5 Å². The number of likely N-dealkylation sites (N-methyl/N-ethyl adjacent to an activating group) is 1. The maximum atomic E-state index is 13.7. The molecule has 6 nitrogen and oxygen atoms in total. The van der Waals surface area contributed by atoms with E-state index in [0.717, 1.165) is 35.5 Å². The minimum absolute atomic E-state index is 0.0101. The van der Waals surface area contributed by atoms with Gasteiger partial charge in [-0.05, 0) is 56.5 Å². The van der Waals surface area contributed by atoms with Crippen LogP contribution >= 0.6 is 0 Å². The first-order valence-corrected chi connectivity index (χ1v) is 11.5. The van der Waals surface area contributed by atoms with Gasteiger partial charge in [-0.25, -0.2) is 4.79 Å². The molecule has 0 radical (unpaired) electrons. The van der Waals surface area contributed by atoms with Crippen LogP contribution in [-0.4, -0.2) is 53.5 Å². The van der Waals surface area contributed by atoms with Crippen molar-refractivity contribution in [2.24, 2.45) is 0 Å². The fourth-order valence-corrected chi connectivity index (χ4v) is 4.63. The molecule has 2 amide bonds. The second kappa shape index (κ2) is 10.6. The van der Waals surface area contributed by atoms with Crippen molar-refractivity contribution in [3.05, 3.63) is 65.2 Å². The molecule has 1 aliphatic heterocycles. The third kappa shape index (κ3) is 5.13. The van der Waals surface area contributed by atoms with Gasteiger partial charge in [0.15, 0.2) is 0 Å². The number of amides is 2. The number of nitrogens with one attached hydrogen (secondary N) is 1. The molecule has 2 aromatic carbocycles. The first-order valence-electron chi connectivity index (χ1n) is 11.5. The normalized spacial score (nSPS) is 15.5. The first kappa shape index (κ1) is 23.8. The van der Waals surface area contributed by atoms with Gasteiger partial charge in [0.1, 0.15) is 12.1 Å². The number of para-hydroxylation sites is 1. The maximum absolute atomic E-state index is 13.7. The summed E-state index contributed by atoms with van der Waals surface area (Å²) in [7, 11) is 0. The topological polar surface area (TPSA) is 61.9 Å². The van der Waals surface area contributed by atoms with Crippen LogP contribution in [0.4, 0.5) is 10.5 Å². The SMILES string of the molecule is CCN(CC)C1(C(=O)Nc2c(C)cccc2C)CCN(C(=O)OCc2ccccc2)CC1. The molecule has 1 heterocycles. The molecule has 0 atom stereocenters. The van der Waals surface area contributed by atoms with Gasteiger partial charge < -0.3 is 15.0 Å². The molecule has 1 aliphatic rings. The van der Waals surface area contributed by atoms with Crippen molar-refractivity contribution in [1.29, 1.82) is 0 Å². The summed E-state index contributed by atoms with van der Waals surface area (Å²) in [5, 5.41) is 3.21. The molecule has 0 aromatic heterocycles. The van der Waals surface area contributed by atoms with Crippen LogP contribution in [0.15, 0.2) is 48.5 Å². The number of piperidine rings is 1. The highest BCUT2D eigenvalue weighted by atomic mass is 16.6. The fraction of sp³-hybridized carbons (Fsp3) is 0.462. The Kier molecular flexibility index (Phi) is 7.91. The van der Waals surface area contributed by atoms with Gasteiger partial charge in [-0.15, -0.1) is 0 Å². The summed E-state index contributed by atoms with van der Waals surface area (Å²) in [5.74, 6) is 0.0101. The van der Waals surface area contributed by atoms with Crippen LogP contribution in [0.2, 0.25) is 0 Å². The van der Waals surface area contributed by atoms with Crippen molar-refractivity contribution >= 4 is 17.7 Å². The minimum atomic E-state index is -0.644. The molecule has 1 N–H and O–H groups in total. The Morgan fingerprint density at radius 3 is 2.12 bits per heavy atom. The van der Waals surface area contributed by atoms with Gasteiger partial charge in [0.25, 0.3) is 0 Å². The highest BCUT2D eigenvalue weighted by Gasteiger charge is 2.46. The zero-order valence-corrected chi connectivity index (χ0v) is 19.7. The second-order valence-electron chi connectivity index (χ2n) is 8.45. The Labute approximate surface area is 191 Å². The Morgan fingerprint density at radius 2 is 1.56 bits per heavy atom. The molecule has 3 rings (SSSR count). The molecular weight excluding hydrogens is 402 g/mol. The van der Waals surface area contributed by atoms with E-state index in [-0.39, 0.29) is 18.6 Å². The van der Waals surface area contributed by atoms with E-state index in [1.807, 2.05) is 62.4 Å². The predicted molar refractivity (Wildman–Crippen MR) is 128 cm³/mol. The lowest BCUT2D eigenvalue weighted by Crippen LogP contribution is -2.62. The molecule has 172 valence electrons. The zero-order chi connectivity index (χ0) is 23.1. The monoisotopic (exact) mass is 437 g/mol. The van der Waals surface area contributed by atoms with Crippen LogP contribution in [0.25, 0.3) is 0 Å². The van der Waals surface area contributed by atoms with E-state index < -0.39 is 5.54 Å². The average Bonchev–Trinajstić information content (AvgIpc) is 2.81. The summed E-state index contributed by atoms with van der Waals surface area (Å²) < 4.78 is 5.51. The second-order valence-corrected chi connectivity index (χ2v) is 8.45. The summed E-state index contributed by atoms with van der Waals surface area (Å²) in [6.45, 7) is 11.0. The van der Waals surface area contributed by atoms with E-state index in [1.165, 1.54) is 0 Å². The van der Waals surface area contributed by atoms with Gasteiger partial charge in [-0.2, -0.15) is 0 Å². The Balaban J connectivity index is 1.70. The molecule has 0 bridgehead atoms. The van der Waals surface area contributed by atoms with Crippen molar-refractivity contribution in [3.63, 3.8) is 0 Å². The quantitative estimate of drug-likeness (QED) is 0.679. The lowest BCUT2D eigenvalue weighted by atomic mass is 9.84. The van der Waals surface area contributed by atoms with Gasteiger partial charge in [0.2, 0.25) is 5.91 Å². The maximum Gasteiger partial charge on any atom is 0.410 e. The molecule has 0 aliphatic carbocycles. The van der Waals surface area contributed by atoms with E-state index in [0.29, 0.717) is 25.9 Å². The molecule has 32 heavy (non-hydrogen) atoms. The lowest BCUT2D eigenvalue weighted by Gasteiger charge is -2.46. The van der Waals surface area contributed by atoms with Gasteiger partial charge in [-0.3, -0.25) is 9.69 Å². The van der Waals surface area contributed by atoms with Gasteiger partial charge >= 0.3 is 6.09 Å². The van der Waals surface area contributed by atoms with Crippen LogP contribution < -0.4 is 5.32 Å². The number of benzene rings is 2. The summed E-state index contributed by atoms with van der Waals surface area (Å²) >= 11 is 0. The molecule has 6 heteroatoms.